The molecule has 0 saturated carbocycles. The molecule has 1 saturated heterocycles. The van der Waals surface area contributed by atoms with Gasteiger partial charge >= 0.3 is 6.18 Å². The van der Waals surface area contributed by atoms with E-state index in [1.54, 1.807) is 59.5 Å². The summed E-state index contributed by atoms with van der Waals surface area (Å²) in [5.74, 6) is -2.19. The summed E-state index contributed by atoms with van der Waals surface area (Å²) in [7, 11) is 0. The van der Waals surface area contributed by atoms with Crippen molar-refractivity contribution in [1.29, 1.82) is 0 Å². The lowest BCUT2D eigenvalue weighted by molar-refractivity contribution is -0.137. The Hall–Kier alpha value is -3.71. The Balaban J connectivity index is 1.64. The minimum Gasteiger partial charge on any atom is -0.352 e. The zero-order chi connectivity index (χ0) is 26.3. The highest BCUT2D eigenvalue weighted by Gasteiger charge is 2.71. The van der Waals surface area contributed by atoms with E-state index in [1.165, 1.54) is 19.1 Å². The number of halogens is 4. The summed E-state index contributed by atoms with van der Waals surface area (Å²) < 4.78 is 40.0. The van der Waals surface area contributed by atoms with Crippen molar-refractivity contribution in [3.8, 4) is 0 Å². The number of carbonyl (C=O) groups excluding carboxylic acids is 3. The smallest absolute Gasteiger partial charge is 0.352 e. The Morgan fingerprint density at radius 3 is 2.14 bits per heavy atom. The van der Waals surface area contributed by atoms with Crippen LogP contribution in [0.2, 0.25) is 5.02 Å². The Bertz CT molecular complexity index is 1490. The summed E-state index contributed by atoms with van der Waals surface area (Å²) in [6, 6.07) is 14.2. The number of Topliss-reactive ketones (excluding diaryl/α,β-unsaturated/α-hetero) is 3. The first-order valence-corrected chi connectivity index (χ1v) is 12.1. The number of anilines is 1. The number of ketones is 3. The Morgan fingerprint density at radius 1 is 0.946 bits per heavy atom. The lowest BCUT2D eigenvalue weighted by Crippen LogP contribution is -2.48. The van der Waals surface area contributed by atoms with Crippen LogP contribution < -0.4 is 4.90 Å². The first kappa shape index (κ1) is 23.7. The molecule has 4 nitrogen and oxygen atoms in total. The maximum absolute atomic E-state index is 14.2. The highest BCUT2D eigenvalue weighted by Crippen LogP contribution is 2.60. The van der Waals surface area contributed by atoms with Crippen LogP contribution in [0, 0.1) is 5.41 Å². The molecule has 6 rings (SSSR count). The molecule has 0 bridgehead atoms. The molecule has 1 aliphatic carbocycles. The summed E-state index contributed by atoms with van der Waals surface area (Å²) in [6.07, 6.45) is -1.04. The van der Waals surface area contributed by atoms with Crippen molar-refractivity contribution in [2.24, 2.45) is 5.41 Å². The molecule has 2 aliphatic heterocycles. The van der Waals surface area contributed by atoms with E-state index < -0.39 is 46.7 Å². The SMILES string of the molecule is CC(=O)[C@@H]1[C@H](c2ccc(C(F)(F)F)cc2)C2(C(=O)c3ccccc3C2=O)[C@H]2C=Cc3cc(Cl)ccc3N12. The molecule has 0 radical (unpaired) electrons. The zero-order valence-electron chi connectivity index (χ0n) is 19.4. The van der Waals surface area contributed by atoms with Gasteiger partial charge in [-0.2, -0.15) is 13.2 Å². The third-order valence-corrected chi connectivity index (χ3v) is 8.01. The van der Waals surface area contributed by atoms with Gasteiger partial charge in [0.1, 0.15) is 5.41 Å². The molecule has 0 N–H and O–H groups in total. The van der Waals surface area contributed by atoms with Crippen LogP contribution >= 0.6 is 11.6 Å². The minimum absolute atomic E-state index is 0.254. The number of fused-ring (bicyclic) bond motifs is 5. The summed E-state index contributed by atoms with van der Waals surface area (Å²) in [5.41, 5.74) is -0.411. The summed E-state index contributed by atoms with van der Waals surface area (Å²) in [4.78, 5) is 43.6. The molecule has 8 heteroatoms. The number of nitrogens with zero attached hydrogens (tertiary/aromatic N) is 1. The van der Waals surface area contributed by atoms with E-state index in [0.29, 0.717) is 21.8 Å². The zero-order valence-corrected chi connectivity index (χ0v) is 20.2. The molecule has 1 fully saturated rings. The van der Waals surface area contributed by atoms with Crippen molar-refractivity contribution in [1.82, 2.24) is 0 Å². The minimum atomic E-state index is -4.56. The summed E-state index contributed by atoms with van der Waals surface area (Å²) in [6.45, 7) is 1.38. The first-order chi connectivity index (χ1) is 17.6. The van der Waals surface area contributed by atoms with E-state index in [9.17, 15) is 27.6 Å². The van der Waals surface area contributed by atoms with Crippen LogP contribution in [0.3, 0.4) is 0 Å². The van der Waals surface area contributed by atoms with Gasteiger partial charge in [0.25, 0.3) is 0 Å². The van der Waals surface area contributed by atoms with E-state index in [4.69, 9.17) is 11.6 Å². The fourth-order valence-electron chi connectivity index (χ4n) is 6.35. The van der Waals surface area contributed by atoms with Gasteiger partial charge in [-0.3, -0.25) is 14.4 Å². The number of hydrogen-bond donors (Lipinski definition) is 0. The molecule has 2 heterocycles. The van der Waals surface area contributed by atoms with Gasteiger partial charge < -0.3 is 4.90 Å². The number of rotatable bonds is 2. The molecular formula is C29H19ClF3NO3. The van der Waals surface area contributed by atoms with E-state index in [-0.39, 0.29) is 16.9 Å². The Kier molecular flexibility index (Phi) is 5.05. The van der Waals surface area contributed by atoms with E-state index in [2.05, 4.69) is 0 Å². The molecule has 3 atom stereocenters. The van der Waals surface area contributed by atoms with E-state index >= 15 is 0 Å². The molecule has 37 heavy (non-hydrogen) atoms. The third kappa shape index (κ3) is 3.13. The van der Waals surface area contributed by atoms with Crippen molar-refractivity contribution in [2.45, 2.75) is 31.1 Å². The second kappa shape index (κ2) is 7.89. The Morgan fingerprint density at radius 2 is 1.57 bits per heavy atom. The van der Waals surface area contributed by atoms with Crippen LogP contribution in [0.5, 0.6) is 0 Å². The monoisotopic (exact) mass is 521 g/mol. The highest BCUT2D eigenvalue weighted by atomic mass is 35.5. The Labute approximate surface area is 215 Å². The van der Waals surface area contributed by atoms with Crippen LogP contribution in [-0.4, -0.2) is 29.4 Å². The molecule has 3 aromatic rings. The number of alkyl halides is 3. The van der Waals surface area contributed by atoms with Crippen LogP contribution in [0.4, 0.5) is 18.9 Å². The predicted octanol–water partition coefficient (Wildman–Crippen LogP) is 6.38. The highest BCUT2D eigenvalue weighted by molar-refractivity contribution is 6.32. The fraction of sp³-hybridized carbons (Fsp3) is 0.207. The normalized spacial score (nSPS) is 23.3. The first-order valence-electron chi connectivity index (χ1n) is 11.7. The topological polar surface area (TPSA) is 54.5 Å². The number of hydrogen-bond acceptors (Lipinski definition) is 4. The van der Waals surface area contributed by atoms with Crippen LogP contribution in [-0.2, 0) is 11.0 Å². The molecule has 1 spiro atoms. The molecule has 3 aromatic carbocycles. The van der Waals surface area contributed by atoms with Crippen LogP contribution in [0.1, 0.15) is 50.2 Å². The molecule has 0 aromatic heterocycles. The van der Waals surface area contributed by atoms with Gasteiger partial charge in [0.05, 0.1) is 17.6 Å². The molecule has 0 amide bonds. The maximum Gasteiger partial charge on any atom is 0.416 e. The lowest BCUT2D eigenvalue weighted by atomic mass is 9.64. The lowest BCUT2D eigenvalue weighted by Gasteiger charge is -2.37. The van der Waals surface area contributed by atoms with Gasteiger partial charge in [-0.1, -0.05) is 60.2 Å². The molecular weight excluding hydrogens is 503 g/mol. The standard InChI is InChI=1S/C29H19ClF3NO3/c1-15(35)25-24(16-6-9-18(10-7-16)29(31,32)33)28(26(36)20-4-2-3-5-21(20)27(28)37)23-13-8-17-14-19(30)11-12-22(17)34(23)25/h2-14,23-25H,1H3/t23-,24+,25-/m1/s1. The van der Waals surface area contributed by atoms with Gasteiger partial charge in [-0.05, 0) is 48.4 Å². The second-order valence-corrected chi connectivity index (χ2v) is 10.1. The average molecular weight is 522 g/mol. The van der Waals surface area contributed by atoms with E-state index in [1.807, 2.05) is 0 Å². The molecule has 3 aliphatic rings. The second-order valence-electron chi connectivity index (χ2n) is 9.64. The van der Waals surface area contributed by atoms with Crippen molar-refractivity contribution in [3.05, 3.63) is 106 Å². The van der Waals surface area contributed by atoms with Gasteiger partial charge in [-0.15, -0.1) is 0 Å². The molecule has 0 unspecified atom stereocenters. The van der Waals surface area contributed by atoms with Crippen LogP contribution in [0.15, 0.2) is 72.8 Å². The van der Waals surface area contributed by atoms with E-state index in [0.717, 1.165) is 12.1 Å². The molecule has 186 valence electrons. The quantitative estimate of drug-likeness (QED) is 0.367. The maximum atomic E-state index is 14.2. The largest absolute Gasteiger partial charge is 0.416 e. The number of carbonyl (C=O) groups is 3. The summed E-state index contributed by atoms with van der Waals surface area (Å²) in [5, 5.41) is 0.481. The summed E-state index contributed by atoms with van der Waals surface area (Å²) >= 11 is 6.20. The van der Waals surface area contributed by atoms with Crippen molar-refractivity contribution in [2.75, 3.05) is 4.90 Å². The van der Waals surface area contributed by atoms with Crippen molar-refractivity contribution >= 4 is 40.7 Å². The van der Waals surface area contributed by atoms with Crippen molar-refractivity contribution < 1.29 is 27.6 Å². The van der Waals surface area contributed by atoms with Gasteiger partial charge in [-0.25, -0.2) is 0 Å². The number of benzene rings is 3. The van der Waals surface area contributed by atoms with Gasteiger partial charge in [0.2, 0.25) is 0 Å². The van der Waals surface area contributed by atoms with Gasteiger partial charge in [0, 0.05) is 27.8 Å². The van der Waals surface area contributed by atoms with Crippen molar-refractivity contribution in [3.63, 3.8) is 0 Å². The van der Waals surface area contributed by atoms with Gasteiger partial charge in [0.15, 0.2) is 17.3 Å². The third-order valence-electron chi connectivity index (χ3n) is 7.78. The van der Waals surface area contributed by atoms with Crippen LogP contribution in [0.25, 0.3) is 6.08 Å². The fourth-order valence-corrected chi connectivity index (χ4v) is 6.53. The average Bonchev–Trinajstić information content (AvgIpc) is 3.30. The predicted molar refractivity (Wildman–Crippen MR) is 133 cm³/mol.